The van der Waals surface area contributed by atoms with E-state index in [2.05, 4.69) is 5.10 Å². The lowest BCUT2D eigenvalue weighted by molar-refractivity contribution is 0.0778. The van der Waals surface area contributed by atoms with Crippen molar-refractivity contribution in [3.63, 3.8) is 0 Å². The van der Waals surface area contributed by atoms with Crippen LogP contribution in [0.2, 0.25) is 0 Å². The van der Waals surface area contributed by atoms with Crippen LogP contribution in [-0.4, -0.2) is 34.7 Å². The summed E-state index contributed by atoms with van der Waals surface area (Å²) in [5.41, 5.74) is 4.44. The number of nitrogens with zero attached hydrogens (tertiary/aromatic N) is 3. The molecule has 0 bridgehead atoms. The first-order valence-electron chi connectivity index (χ1n) is 8.48. The van der Waals surface area contributed by atoms with Gasteiger partial charge >= 0.3 is 0 Å². The maximum atomic E-state index is 12.9. The molecule has 3 rings (SSSR count). The predicted octanol–water partition coefficient (Wildman–Crippen LogP) is 3.68. The van der Waals surface area contributed by atoms with E-state index in [0.717, 1.165) is 28.1 Å². The number of benzene rings is 2. The Morgan fingerprint density at radius 3 is 2.38 bits per heavy atom. The lowest BCUT2D eigenvalue weighted by Crippen LogP contribution is -2.27. The molecule has 0 spiro atoms. The lowest BCUT2D eigenvalue weighted by Gasteiger charge is -2.16. The Labute approximate surface area is 153 Å². The molecule has 26 heavy (non-hydrogen) atoms. The summed E-state index contributed by atoms with van der Waals surface area (Å²) in [7, 11) is 5.30. The molecular formula is C21H23N3O2. The number of aryl methyl sites for hydroxylation is 1. The molecule has 0 N–H and O–H groups in total. The normalized spacial score (nSPS) is 10.6. The van der Waals surface area contributed by atoms with Crippen LogP contribution in [0, 0.1) is 6.92 Å². The topological polar surface area (TPSA) is 47.4 Å². The first-order valence-corrected chi connectivity index (χ1v) is 8.48. The number of carbonyl (C=O) groups excluding carboxylic acids is 1. The van der Waals surface area contributed by atoms with E-state index in [0.29, 0.717) is 12.2 Å². The zero-order valence-corrected chi connectivity index (χ0v) is 15.6. The number of hydrogen-bond acceptors (Lipinski definition) is 3. The molecule has 0 aliphatic carbocycles. The molecule has 5 nitrogen and oxygen atoms in total. The maximum Gasteiger partial charge on any atom is 0.274 e. The van der Waals surface area contributed by atoms with Gasteiger partial charge in [0.1, 0.15) is 5.75 Å². The van der Waals surface area contributed by atoms with Crippen LogP contribution in [-0.2, 0) is 13.6 Å². The summed E-state index contributed by atoms with van der Waals surface area (Å²) in [6.07, 6.45) is 0. The molecule has 0 aliphatic rings. The Kier molecular flexibility index (Phi) is 5.07. The van der Waals surface area contributed by atoms with Gasteiger partial charge in [-0.15, -0.1) is 0 Å². The van der Waals surface area contributed by atoms with Crippen LogP contribution in [0.4, 0.5) is 0 Å². The van der Waals surface area contributed by atoms with Gasteiger partial charge in [-0.25, -0.2) is 0 Å². The highest BCUT2D eigenvalue weighted by molar-refractivity contribution is 5.95. The van der Waals surface area contributed by atoms with Crippen LogP contribution >= 0.6 is 0 Å². The van der Waals surface area contributed by atoms with Crippen molar-refractivity contribution in [2.45, 2.75) is 13.5 Å². The highest BCUT2D eigenvalue weighted by Gasteiger charge is 2.22. The standard InChI is InChI=1S/C21H23N3O2/c1-15-19(22-24(3)20(15)17-8-6-5-7-9-17)21(25)23(2)14-16-10-12-18(26-4)13-11-16/h5-13H,14H2,1-4H3. The first-order chi connectivity index (χ1) is 12.5. The SMILES string of the molecule is COc1ccc(CN(C)C(=O)c2nn(C)c(-c3ccccc3)c2C)cc1. The summed E-state index contributed by atoms with van der Waals surface area (Å²) >= 11 is 0. The summed E-state index contributed by atoms with van der Waals surface area (Å²) in [5.74, 6) is 0.715. The van der Waals surface area contributed by atoms with Gasteiger partial charge in [0.05, 0.1) is 12.8 Å². The Hall–Kier alpha value is -3.08. The molecule has 0 saturated heterocycles. The average molecular weight is 349 g/mol. The van der Waals surface area contributed by atoms with Crippen molar-refractivity contribution in [3.05, 3.63) is 71.4 Å². The van der Waals surface area contributed by atoms with Crippen LogP contribution in [0.25, 0.3) is 11.3 Å². The fourth-order valence-corrected chi connectivity index (χ4v) is 3.09. The van der Waals surface area contributed by atoms with E-state index in [1.807, 2.05) is 68.6 Å². The van der Waals surface area contributed by atoms with E-state index in [4.69, 9.17) is 4.74 Å². The number of hydrogen-bond donors (Lipinski definition) is 0. The molecule has 0 radical (unpaired) electrons. The molecule has 3 aromatic rings. The minimum Gasteiger partial charge on any atom is -0.497 e. The van der Waals surface area contributed by atoms with E-state index in [1.165, 1.54) is 0 Å². The van der Waals surface area contributed by atoms with E-state index in [1.54, 1.807) is 23.7 Å². The van der Waals surface area contributed by atoms with Gasteiger partial charge < -0.3 is 9.64 Å². The van der Waals surface area contributed by atoms with Gasteiger partial charge in [-0.3, -0.25) is 9.48 Å². The third-order valence-corrected chi connectivity index (χ3v) is 4.46. The van der Waals surface area contributed by atoms with E-state index >= 15 is 0 Å². The van der Waals surface area contributed by atoms with Gasteiger partial charge in [-0.1, -0.05) is 42.5 Å². The van der Waals surface area contributed by atoms with Crippen LogP contribution in [0.5, 0.6) is 5.75 Å². The zero-order valence-electron chi connectivity index (χ0n) is 15.6. The second-order valence-electron chi connectivity index (χ2n) is 6.32. The van der Waals surface area contributed by atoms with Crippen molar-refractivity contribution in [2.75, 3.05) is 14.2 Å². The van der Waals surface area contributed by atoms with Crippen molar-refractivity contribution >= 4 is 5.91 Å². The Morgan fingerprint density at radius 1 is 1.12 bits per heavy atom. The summed E-state index contributed by atoms with van der Waals surface area (Å²) in [4.78, 5) is 14.6. The third kappa shape index (κ3) is 3.47. The van der Waals surface area contributed by atoms with Gasteiger partial charge in [0.15, 0.2) is 5.69 Å². The quantitative estimate of drug-likeness (QED) is 0.706. The summed E-state index contributed by atoms with van der Waals surface area (Å²) in [6.45, 7) is 2.46. The first kappa shape index (κ1) is 17.7. The van der Waals surface area contributed by atoms with Crippen LogP contribution < -0.4 is 4.74 Å². The van der Waals surface area contributed by atoms with E-state index in [-0.39, 0.29) is 5.91 Å². The predicted molar refractivity (Wildman–Crippen MR) is 102 cm³/mol. The van der Waals surface area contributed by atoms with Gasteiger partial charge in [0.25, 0.3) is 5.91 Å². The lowest BCUT2D eigenvalue weighted by atomic mass is 10.1. The number of aromatic nitrogens is 2. The molecule has 0 atom stereocenters. The van der Waals surface area contributed by atoms with E-state index in [9.17, 15) is 4.79 Å². The van der Waals surface area contributed by atoms with Gasteiger partial charge in [-0.05, 0) is 24.6 Å². The number of amides is 1. The number of ether oxygens (including phenoxy) is 1. The molecule has 0 fully saturated rings. The van der Waals surface area contributed by atoms with Crippen molar-refractivity contribution in [3.8, 4) is 17.0 Å². The highest BCUT2D eigenvalue weighted by Crippen LogP contribution is 2.26. The van der Waals surface area contributed by atoms with Crippen LogP contribution in [0.1, 0.15) is 21.6 Å². The third-order valence-electron chi connectivity index (χ3n) is 4.46. The molecule has 134 valence electrons. The fourth-order valence-electron chi connectivity index (χ4n) is 3.09. The zero-order chi connectivity index (χ0) is 18.7. The smallest absolute Gasteiger partial charge is 0.274 e. The number of rotatable bonds is 5. The van der Waals surface area contributed by atoms with Gasteiger partial charge in [-0.2, -0.15) is 5.10 Å². The average Bonchev–Trinajstić information content (AvgIpc) is 2.96. The molecular weight excluding hydrogens is 326 g/mol. The summed E-state index contributed by atoms with van der Waals surface area (Å²) < 4.78 is 6.95. The minimum atomic E-state index is -0.0869. The number of methoxy groups -OCH3 is 1. The molecule has 0 saturated carbocycles. The van der Waals surface area contributed by atoms with Crippen molar-refractivity contribution in [1.29, 1.82) is 0 Å². The van der Waals surface area contributed by atoms with Crippen molar-refractivity contribution in [1.82, 2.24) is 14.7 Å². The van der Waals surface area contributed by atoms with Gasteiger partial charge in [0.2, 0.25) is 0 Å². The summed E-state index contributed by atoms with van der Waals surface area (Å²) in [5, 5.41) is 4.48. The Morgan fingerprint density at radius 2 is 1.77 bits per heavy atom. The minimum absolute atomic E-state index is 0.0869. The molecule has 1 amide bonds. The Balaban J connectivity index is 1.83. The summed E-state index contributed by atoms with van der Waals surface area (Å²) in [6, 6.07) is 17.7. The monoisotopic (exact) mass is 349 g/mol. The molecule has 1 heterocycles. The molecule has 5 heteroatoms. The highest BCUT2D eigenvalue weighted by atomic mass is 16.5. The maximum absolute atomic E-state index is 12.9. The largest absolute Gasteiger partial charge is 0.497 e. The van der Waals surface area contributed by atoms with Crippen LogP contribution in [0.15, 0.2) is 54.6 Å². The Bertz CT molecular complexity index is 899. The molecule has 0 unspecified atom stereocenters. The molecule has 2 aromatic carbocycles. The second-order valence-corrected chi connectivity index (χ2v) is 6.32. The fraction of sp³-hybridized carbons (Fsp3) is 0.238. The number of carbonyl (C=O) groups is 1. The molecule has 0 aliphatic heterocycles. The van der Waals surface area contributed by atoms with Gasteiger partial charge in [0, 0.05) is 31.8 Å². The van der Waals surface area contributed by atoms with Crippen LogP contribution in [0.3, 0.4) is 0 Å². The molecule has 1 aromatic heterocycles. The van der Waals surface area contributed by atoms with Crippen molar-refractivity contribution < 1.29 is 9.53 Å². The second kappa shape index (κ2) is 7.44. The van der Waals surface area contributed by atoms with E-state index < -0.39 is 0 Å². The van der Waals surface area contributed by atoms with Crippen molar-refractivity contribution in [2.24, 2.45) is 7.05 Å².